The van der Waals surface area contributed by atoms with Gasteiger partial charge in [0.05, 0.1) is 0 Å². The number of carbonyl (C=O) groups excluding carboxylic acids is 1. The van der Waals surface area contributed by atoms with E-state index in [2.05, 4.69) is 0 Å². The Balaban J connectivity index is 1.30. The predicted molar refractivity (Wildman–Crippen MR) is 205 cm³/mol. The third-order valence-corrected chi connectivity index (χ3v) is 9.12. The molecule has 0 unspecified atom stereocenters. The molecule has 16 radical (unpaired) electrons. The van der Waals surface area contributed by atoms with Gasteiger partial charge in [0.15, 0.2) is 5.78 Å². The molecular formula is C37H14B8O3. The van der Waals surface area contributed by atoms with E-state index in [1.165, 1.54) is 0 Å². The summed E-state index contributed by atoms with van der Waals surface area (Å²) < 4.78 is 12.4. The highest BCUT2D eigenvalue weighted by atomic mass is 16.3. The van der Waals surface area contributed by atoms with E-state index in [1.54, 1.807) is 12.1 Å². The Bertz CT molecular complexity index is 2450. The molecule has 0 atom stereocenters. The van der Waals surface area contributed by atoms with Crippen LogP contribution in [0.4, 0.5) is 0 Å². The van der Waals surface area contributed by atoms with Crippen molar-refractivity contribution in [3.63, 3.8) is 0 Å². The third kappa shape index (κ3) is 4.23. The zero-order chi connectivity index (χ0) is 33.6. The van der Waals surface area contributed by atoms with E-state index in [4.69, 9.17) is 71.6 Å². The highest BCUT2D eigenvalue weighted by Crippen LogP contribution is 2.36. The fourth-order valence-electron chi connectivity index (χ4n) is 6.74. The molecule has 0 aliphatic rings. The van der Waals surface area contributed by atoms with Gasteiger partial charge in [-0.15, -0.1) is 0 Å². The Morgan fingerprint density at radius 3 is 1.10 bits per heavy atom. The number of para-hydroxylation sites is 4. The summed E-state index contributed by atoms with van der Waals surface area (Å²) in [7, 11) is 52.8. The Morgan fingerprint density at radius 1 is 0.396 bits per heavy atom. The van der Waals surface area contributed by atoms with Gasteiger partial charge in [-0.1, -0.05) is 116 Å². The molecule has 0 aliphatic carbocycles. The maximum Gasteiger partial charge on any atom is 0.190 e. The maximum absolute atomic E-state index is 14.3. The van der Waals surface area contributed by atoms with Crippen molar-refractivity contribution in [2.45, 2.75) is 0 Å². The van der Waals surface area contributed by atoms with Gasteiger partial charge < -0.3 is 8.83 Å². The van der Waals surface area contributed by atoms with Crippen molar-refractivity contribution in [3.8, 4) is 22.3 Å². The lowest BCUT2D eigenvalue weighted by atomic mass is 9.59. The Kier molecular flexibility index (Phi) is 7.03. The molecule has 0 spiro atoms. The van der Waals surface area contributed by atoms with Gasteiger partial charge in [0.1, 0.15) is 85.1 Å². The first-order valence-corrected chi connectivity index (χ1v) is 15.0. The number of furan rings is 2. The van der Waals surface area contributed by atoms with Gasteiger partial charge in [0, 0.05) is 43.8 Å². The molecule has 0 amide bonds. The molecular weight excluding hydrogens is 579 g/mol. The van der Waals surface area contributed by atoms with Crippen LogP contribution in [-0.4, -0.2) is 68.6 Å². The van der Waals surface area contributed by atoms with Gasteiger partial charge in [-0.3, -0.25) is 4.79 Å². The van der Waals surface area contributed by atoms with Crippen LogP contribution in [0.2, 0.25) is 0 Å². The van der Waals surface area contributed by atoms with E-state index in [9.17, 15) is 4.79 Å². The van der Waals surface area contributed by atoms with Crippen LogP contribution in [0.5, 0.6) is 0 Å². The van der Waals surface area contributed by atoms with Crippen molar-refractivity contribution < 1.29 is 13.6 Å². The Morgan fingerprint density at radius 2 is 0.729 bits per heavy atom. The molecule has 48 heavy (non-hydrogen) atoms. The molecule has 0 bridgehead atoms. The third-order valence-electron chi connectivity index (χ3n) is 9.12. The normalized spacial score (nSPS) is 11.7. The van der Waals surface area contributed by atoms with E-state index in [0.29, 0.717) is 44.6 Å². The number of benzene rings is 6. The highest BCUT2D eigenvalue weighted by Gasteiger charge is 2.26. The molecule has 2 aromatic heterocycles. The molecule has 204 valence electrons. The molecule has 3 nitrogen and oxygen atoms in total. The van der Waals surface area contributed by atoms with Crippen molar-refractivity contribution in [2.24, 2.45) is 0 Å². The Hall–Kier alpha value is -4.89. The first kappa shape index (κ1) is 30.4. The van der Waals surface area contributed by atoms with E-state index in [-0.39, 0.29) is 54.8 Å². The molecule has 0 fully saturated rings. The number of hydrogen-bond donors (Lipinski definition) is 0. The lowest BCUT2D eigenvalue weighted by Gasteiger charge is -2.26. The quantitative estimate of drug-likeness (QED) is 0.220. The van der Waals surface area contributed by atoms with Gasteiger partial charge in [0.2, 0.25) is 0 Å². The zero-order valence-electron chi connectivity index (χ0n) is 25.4. The van der Waals surface area contributed by atoms with Crippen LogP contribution < -0.4 is 43.7 Å². The van der Waals surface area contributed by atoms with E-state index in [0.717, 1.165) is 21.5 Å². The van der Waals surface area contributed by atoms with Crippen LogP contribution in [0, 0.1) is 0 Å². The largest absolute Gasteiger partial charge is 0.455 e. The monoisotopic (exact) mass is 594 g/mol. The van der Waals surface area contributed by atoms with Gasteiger partial charge in [-0.25, -0.2) is 0 Å². The van der Waals surface area contributed by atoms with Crippen LogP contribution in [0.15, 0.2) is 93.8 Å². The van der Waals surface area contributed by atoms with Gasteiger partial charge in [0.25, 0.3) is 0 Å². The Labute approximate surface area is 287 Å². The molecule has 0 N–H and O–H groups in total. The highest BCUT2D eigenvalue weighted by molar-refractivity contribution is 6.66. The number of fused-ring (bicyclic) bond motifs is 6. The summed E-state index contributed by atoms with van der Waals surface area (Å²) in [6.45, 7) is 0. The summed E-state index contributed by atoms with van der Waals surface area (Å²) in [6, 6.07) is 26.4. The molecule has 8 aromatic rings. The van der Waals surface area contributed by atoms with Crippen LogP contribution in [0.3, 0.4) is 0 Å². The van der Waals surface area contributed by atoms with Gasteiger partial charge in [-0.2, -0.15) is 0 Å². The summed E-state index contributed by atoms with van der Waals surface area (Å²) in [5.74, 6) is -0.737. The minimum Gasteiger partial charge on any atom is -0.455 e. The summed E-state index contributed by atoms with van der Waals surface area (Å²) in [5.41, 5.74) is 3.59. The minimum absolute atomic E-state index is 0.0317. The number of carbonyl (C=O) groups is 1. The fraction of sp³-hybridized carbons (Fsp3) is 0. The molecule has 0 saturated heterocycles. The van der Waals surface area contributed by atoms with Crippen LogP contribution in [0.25, 0.3) is 66.1 Å². The molecule has 0 saturated carbocycles. The van der Waals surface area contributed by atoms with Crippen LogP contribution in [-0.2, 0) is 0 Å². The van der Waals surface area contributed by atoms with Crippen molar-refractivity contribution in [2.75, 3.05) is 0 Å². The minimum atomic E-state index is -0.737. The topological polar surface area (TPSA) is 43.4 Å². The predicted octanol–water partition coefficient (Wildman–Crippen LogP) is 0.401. The maximum atomic E-state index is 14.3. The summed E-state index contributed by atoms with van der Waals surface area (Å²) in [5, 5.41) is 3.54. The number of rotatable bonds is 4. The number of ketones is 1. The molecule has 0 aliphatic heterocycles. The van der Waals surface area contributed by atoms with Gasteiger partial charge >= 0.3 is 0 Å². The van der Waals surface area contributed by atoms with Crippen molar-refractivity contribution in [3.05, 3.63) is 96.1 Å². The summed E-state index contributed by atoms with van der Waals surface area (Å²) in [4.78, 5) is 14.3. The van der Waals surface area contributed by atoms with Crippen molar-refractivity contribution in [1.82, 2.24) is 0 Å². The molecule has 6 aromatic carbocycles. The van der Waals surface area contributed by atoms with Gasteiger partial charge in [-0.05, 0) is 23.3 Å². The molecule has 8 rings (SSSR count). The van der Waals surface area contributed by atoms with Crippen LogP contribution >= 0.6 is 0 Å². The first-order chi connectivity index (χ1) is 23.1. The second kappa shape index (κ2) is 11.1. The SMILES string of the molecule is [B]c1c([B])c(-c2cccc3c2oc2ccccc23)c([B])c([B])c1C(=O)c1c([B])c([B])c(-c2cccc3c2oc2ccccc23)c([B])c1[B]. The lowest BCUT2D eigenvalue weighted by molar-refractivity contribution is 0.104. The number of hydrogen-bond acceptors (Lipinski definition) is 3. The summed E-state index contributed by atoms with van der Waals surface area (Å²) >= 11 is 0. The van der Waals surface area contributed by atoms with Crippen LogP contribution in [0.1, 0.15) is 15.9 Å². The van der Waals surface area contributed by atoms with Crippen molar-refractivity contribution >= 4 is 156 Å². The van der Waals surface area contributed by atoms with E-state index >= 15 is 0 Å². The van der Waals surface area contributed by atoms with E-state index in [1.807, 2.05) is 72.8 Å². The first-order valence-electron chi connectivity index (χ1n) is 15.0. The second-order valence-corrected chi connectivity index (χ2v) is 11.7. The zero-order valence-corrected chi connectivity index (χ0v) is 25.4. The smallest absolute Gasteiger partial charge is 0.190 e. The van der Waals surface area contributed by atoms with Crippen molar-refractivity contribution in [1.29, 1.82) is 0 Å². The lowest BCUT2D eigenvalue weighted by Crippen LogP contribution is -2.52. The standard InChI is InChI=1S/C37H14B8O3/c38-27-23(19-11-5-9-17-15-7-1-3-13-21(15)47-36(17)19)28(39)32(43)25(31(27)42)35(46)26-33(44)29(40)24(30(41)34(26)45)20-12-6-10-18-16-8-2-4-14-22(16)48-37(18)20/h1-14H. The fourth-order valence-corrected chi connectivity index (χ4v) is 6.74. The average molecular weight is 593 g/mol. The second-order valence-electron chi connectivity index (χ2n) is 11.7. The molecule has 11 heteroatoms. The summed E-state index contributed by atoms with van der Waals surface area (Å²) in [6.07, 6.45) is 0. The molecule has 2 heterocycles. The average Bonchev–Trinajstić information content (AvgIpc) is 3.66. The van der Waals surface area contributed by atoms with E-state index < -0.39 is 5.78 Å².